The van der Waals surface area contributed by atoms with Gasteiger partial charge in [0.2, 0.25) is 5.91 Å². The minimum atomic E-state index is -0.230. The molecule has 160 valence electrons. The average Bonchev–Trinajstić information content (AvgIpc) is 2.73. The Bertz CT molecular complexity index is 1150. The van der Waals surface area contributed by atoms with Gasteiger partial charge in [0.15, 0.2) is 0 Å². The summed E-state index contributed by atoms with van der Waals surface area (Å²) in [6.45, 7) is 5.38. The number of carbonyl (C=O) groups is 1. The number of rotatable bonds is 4. The molecule has 0 bridgehead atoms. The third kappa shape index (κ3) is 4.97. The number of nitrogens with zero attached hydrogens (tertiary/aromatic N) is 3. The highest BCUT2D eigenvalue weighted by Crippen LogP contribution is 2.24. The fourth-order valence-corrected chi connectivity index (χ4v) is 4.24. The smallest absolute Gasteiger partial charge is 0.271 e. The van der Waals surface area contributed by atoms with Gasteiger partial charge in [0.1, 0.15) is 5.82 Å². The van der Waals surface area contributed by atoms with Crippen LogP contribution in [0.3, 0.4) is 0 Å². The Morgan fingerprint density at radius 2 is 1.87 bits per heavy atom. The van der Waals surface area contributed by atoms with Gasteiger partial charge in [-0.25, -0.2) is 0 Å². The average molecular weight is 437 g/mol. The number of hydrogen-bond acceptors (Lipinski definition) is 4. The molecule has 0 radical (unpaired) electrons. The van der Waals surface area contributed by atoms with E-state index in [1.54, 1.807) is 30.3 Å². The molecule has 31 heavy (non-hydrogen) atoms. The van der Waals surface area contributed by atoms with Crippen molar-refractivity contribution < 1.29 is 4.79 Å². The molecular formula is C24H25ClN4O2. The lowest BCUT2D eigenvalue weighted by molar-refractivity contribution is -0.120. The molecule has 1 fully saturated rings. The maximum atomic E-state index is 12.9. The van der Waals surface area contributed by atoms with Crippen molar-refractivity contribution in [2.24, 2.45) is 5.92 Å². The van der Waals surface area contributed by atoms with Crippen LogP contribution in [0.25, 0.3) is 5.69 Å². The lowest BCUT2D eigenvalue weighted by atomic mass is 9.97. The van der Waals surface area contributed by atoms with Crippen molar-refractivity contribution in [3.8, 4) is 5.69 Å². The fourth-order valence-electron chi connectivity index (χ4n) is 4.05. The van der Waals surface area contributed by atoms with Crippen LogP contribution in [0.5, 0.6) is 0 Å². The van der Waals surface area contributed by atoms with Crippen LogP contribution in [0, 0.1) is 19.8 Å². The maximum Gasteiger partial charge on any atom is 0.271 e. The molecule has 1 aromatic heterocycles. The summed E-state index contributed by atoms with van der Waals surface area (Å²) >= 11 is 6.08. The van der Waals surface area contributed by atoms with Gasteiger partial charge < -0.3 is 10.2 Å². The summed E-state index contributed by atoms with van der Waals surface area (Å²) in [6.07, 6.45) is 1.70. The fraction of sp³-hybridized carbons (Fsp3) is 0.292. The van der Waals surface area contributed by atoms with E-state index < -0.39 is 0 Å². The second kappa shape index (κ2) is 8.94. The molecule has 1 N–H and O–H groups in total. The van der Waals surface area contributed by atoms with E-state index in [0.29, 0.717) is 23.1 Å². The lowest BCUT2D eigenvalue weighted by Gasteiger charge is -2.33. The molecule has 1 atom stereocenters. The van der Waals surface area contributed by atoms with Gasteiger partial charge in [-0.2, -0.15) is 4.68 Å². The van der Waals surface area contributed by atoms with E-state index in [9.17, 15) is 9.59 Å². The molecule has 2 heterocycles. The van der Waals surface area contributed by atoms with Gasteiger partial charge in [-0.15, -0.1) is 5.10 Å². The molecule has 7 heteroatoms. The van der Waals surface area contributed by atoms with Crippen molar-refractivity contribution in [3.05, 3.63) is 81.1 Å². The molecule has 1 aliphatic rings. The zero-order valence-electron chi connectivity index (χ0n) is 17.6. The van der Waals surface area contributed by atoms with Gasteiger partial charge in [0, 0.05) is 29.9 Å². The second-order valence-corrected chi connectivity index (χ2v) is 8.51. The third-order valence-electron chi connectivity index (χ3n) is 5.44. The largest absolute Gasteiger partial charge is 0.354 e. The lowest BCUT2D eigenvalue weighted by Crippen LogP contribution is -2.41. The first-order valence-corrected chi connectivity index (χ1v) is 10.8. The van der Waals surface area contributed by atoms with Gasteiger partial charge >= 0.3 is 0 Å². The van der Waals surface area contributed by atoms with Crippen molar-refractivity contribution in [2.75, 3.05) is 23.3 Å². The Kier molecular flexibility index (Phi) is 6.09. The van der Waals surface area contributed by atoms with E-state index in [2.05, 4.69) is 21.4 Å². The first-order valence-electron chi connectivity index (χ1n) is 10.4. The summed E-state index contributed by atoms with van der Waals surface area (Å²) in [5.41, 5.74) is 3.45. The van der Waals surface area contributed by atoms with E-state index in [-0.39, 0.29) is 17.4 Å². The zero-order valence-corrected chi connectivity index (χ0v) is 18.4. The summed E-state index contributed by atoms with van der Waals surface area (Å²) in [7, 11) is 0. The Morgan fingerprint density at radius 1 is 1.10 bits per heavy atom. The van der Waals surface area contributed by atoms with Crippen LogP contribution in [-0.2, 0) is 4.79 Å². The summed E-state index contributed by atoms with van der Waals surface area (Å²) < 4.78 is 1.35. The SMILES string of the molecule is Cc1cc(C)cc(NC(=O)[C@@H]2CCCN(c3ccc(=O)n(-c4cccc(Cl)c4)n3)C2)c1. The van der Waals surface area contributed by atoms with Crippen molar-refractivity contribution in [1.82, 2.24) is 9.78 Å². The number of halogens is 1. The Balaban J connectivity index is 1.52. The molecule has 4 rings (SSSR count). The number of nitrogens with one attached hydrogen (secondary N) is 1. The molecule has 1 saturated heterocycles. The molecule has 2 aromatic carbocycles. The predicted molar refractivity (Wildman–Crippen MR) is 124 cm³/mol. The number of carbonyl (C=O) groups excluding carboxylic acids is 1. The van der Waals surface area contributed by atoms with Crippen LogP contribution in [0.1, 0.15) is 24.0 Å². The summed E-state index contributed by atoms with van der Waals surface area (Å²) in [5, 5.41) is 8.15. The first-order chi connectivity index (χ1) is 14.9. The normalized spacial score (nSPS) is 16.2. The number of aromatic nitrogens is 2. The van der Waals surface area contributed by atoms with Crippen molar-refractivity contribution in [3.63, 3.8) is 0 Å². The number of piperidine rings is 1. The van der Waals surface area contributed by atoms with E-state index in [1.165, 1.54) is 10.7 Å². The van der Waals surface area contributed by atoms with E-state index in [0.717, 1.165) is 36.2 Å². The van der Waals surface area contributed by atoms with Crippen LogP contribution >= 0.6 is 11.6 Å². The second-order valence-electron chi connectivity index (χ2n) is 8.07. The van der Waals surface area contributed by atoms with Gasteiger partial charge in [-0.1, -0.05) is 23.7 Å². The number of aryl methyl sites for hydroxylation is 2. The van der Waals surface area contributed by atoms with E-state index >= 15 is 0 Å². The van der Waals surface area contributed by atoms with Crippen molar-refractivity contribution in [2.45, 2.75) is 26.7 Å². The van der Waals surface area contributed by atoms with Crippen LogP contribution < -0.4 is 15.8 Å². The van der Waals surface area contributed by atoms with E-state index in [4.69, 9.17) is 11.6 Å². The molecule has 0 unspecified atom stereocenters. The predicted octanol–water partition coefficient (Wildman–Crippen LogP) is 4.36. The highest BCUT2D eigenvalue weighted by atomic mass is 35.5. The number of anilines is 2. The van der Waals surface area contributed by atoms with Gasteiger partial charge in [0.05, 0.1) is 11.6 Å². The first kappa shape index (κ1) is 21.1. The van der Waals surface area contributed by atoms with Crippen molar-refractivity contribution in [1.29, 1.82) is 0 Å². The number of amides is 1. The van der Waals surface area contributed by atoms with E-state index in [1.807, 2.05) is 26.0 Å². The Labute approximate surface area is 186 Å². The van der Waals surface area contributed by atoms with Gasteiger partial charge in [0.25, 0.3) is 5.56 Å². The molecular weight excluding hydrogens is 412 g/mol. The summed E-state index contributed by atoms with van der Waals surface area (Å²) in [6, 6.07) is 16.3. The maximum absolute atomic E-state index is 12.9. The molecule has 0 aliphatic carbocycles. The standard InChI is InChI=1S/C24H25ClN4O2/c1-16-11-17(2)13-20(12-16)26-24(31)18-5-4-10-28(15-18)22-8-9-23(30)29(27-22)21-7-3-6-19(25)14-21/h3,6-9,11-14,18H,4-5,10,15H2,1-2H3,(H,26,31)/t18-/m1/s1. The molecule has 6 nitrogen and oxygen atoms in total. The zero-order chi connectivity index (χ0) is 22.0. The minimum Gasteiger partial charge on any atom is -0.354 e. The Hall–Kier alpha value is -3.12. The molecule has 1 amide bonds. The van der Waals surface area contributed by atoms with Crippen LogP contribution in [-0.4, -0.2) is 28.8 Å². The number of benzene rings is 2. The quantitative estimate of drug-likeness (QED) is 0.660. The topological polar surface area (TPSA) is 67.2 Å². The highest BCUT2D eigenvalue weighted by molar-refractivity contribution is 6.30. The molecule has 0 spiro atoms. The highest BCUT2D eigenvalue weighted by Gasteiger charge is 2.27. The van der Waals surface area contributed by atoms with Crippen LogP contribution in [0.4, 0.5) is 11.5 Å². The van der Waals surface area contributed by atoms with Gasteiger partial charge in [-0.3, -0.25) is 9.59 Å². The Morgan fingerprint density at radius 3 is 2.61 bits per heavy atom. The minimum absolute atomic E-state index is 0.0119. The number of hydrogen-bond donors (Lipinski definition) is 1. The molecule has 0 saturated carbocycles. The molecule has 3 aromatic rings. The molecule has 1 aliphatic heterocycles. The summed E-state index contributed by atoms with van der Waals surface area (Å²) in [5.74, 6) is 0.532. The van der Waals surface area contributed by atoms with Crippen LogP contribution in [0.15, 0.2) is 59.4 Å². The third-order valence-corrected chi connectivity index (χ3v) is 5.68. The van der Waals surface area contributed by atoms with Gasteiger partial charge in [-0.05, 0) is 74.2 Å². The summed E-state index contributed by atoms with van der Waals surface area (Å²) in [4.78, 5) is 27.4. The van der Waals surface area contributed by atoms with Crippen molar-refractivity contribution >= 4 is 29.0 Å². The monoisotopic (exact) mass is 436 g/mol. The van der Waals surface area contributed by atoms with Crippen LogP contribution in [0.2, 0.25) is 5.02 Å².